The second-order valence-electron chi connectivity index (χ2n) is 4.90. The molecular weight excluding hydrogens is 266 g/mol. The van der Waals surface area contributed by atoms with E-state index in [0.29, 0.717) is 5.58 Å². The Labute approximate surface area is 121 Å². The fourth-order valence-electron chi connectivity index (χ4n) is 2.38. The van der Waals surface area contributed by atoms with Gasteiger partial charge in [0.2, 0.25) is 5.76 Å². The monoisotopic (exact) mass is 279 g/mol. The minimum atomic E-state index is -0.804. The predicted octanol–water partition coefficient (Wildman–Crippen LogP) is 3.96. The van der Waals surface area contributed by atoms with Gasteiger partial charge in [0.1, 0.15) is 11.7 Å². The third-order valence-corrected chi connectivity index (χ3v) is 3.48. The van der Waals surface area contributed by atoms with Crippen LogP contribution < -0.4 is 0 Å². The molecule has 104 valence electrons. The van der Waals surface area contributed by atoms with Gasteiger partial charge in [-0.05, 0) is 19.2 Å². The summed E-state index contributed by atoms with van der Waals surface area (Å²) in [5, 5.41) is 11.6. The average molecular weight is 279 g/mol. The number of hydrogen-bond donors (Lipinski definition) is 0. The lowest BCUT2D eigenvalue weighted by Crippen LogP contribution is -2.13. The number of hydrogen-bond acceptors (Lipinski definition) is 4. The molecule has 0 fully saturated rings. The maximum atomic E-state index is 12.1. The van der Waals surface area contributed by atoms with Crippen LogP contribution >= 0.6 is 0 Å². The molecule has 0 aliphatic carbocycles. The van der Waals surface area contributed by atoms with Crippen molar-refractivity contribution in [2.24, 2.45) is 0 Å². The number of ether oxygens (including phenoxy) is 1. The molecule has 0 saturated carbocycles. The number of benzene rings is 2. The van der Waals surface area contributed by atoms with Crippen LogP contribution in [-0.4, -0.2) is 12.1 Å². The minimum absolute atomic E-state index is 0.156. The number of furan rings is 1. The van der Waals surface area contributed by atoms with Gasteiger partial charge in [-0.25, -0.2) is 4.79 Å². The second kappa shape index (κ2) is 4.95. The molecule has 0 amide bonds. The molecule has 0 radical (unpaired) electrons. The third-order valence-electron chi connectivity index (χ3n) is 3.48. The Morgan fingerprint density at radius 1 is 1.24 bits per heavy atom. The SMILES string of the molecule is Cc1c(C(=O)O[C@@H](C)C#N)oc2c1ccc1ccccc12. The van der Waals surface area contributed by atoms with Crippen molar-refractivity contribution in [3.05, 3.63) is 47.7 Å². The Kier molecular flexibility index (Phi) is 3.11. The van der Waals surface area contributed by atoms with Gasteiger partial charge in [0.15, 0.2) is 6.10 Å². The number of nitriles is 1. The summed E-state index contributed by atoms with van der Waals surface area (Å²) in [6.07, 6.45) is -0.804. The number of carbonyl (C=O) groups excluding carboxylic acids is 1. The van der Waals surface area contributed by atoms with Gasteiger partial charge in [-0.3, -0.25) is 0 Å². The van der Waals surface area contributed by atoms with Crippen LogP contribution in [0.4, 0.5) is 0 Å². The van der Waals surface area contributed by atoms with Crippen molar-refractivity contribution in [2.75, 3.05) is 0 Å². The fraction of sp³-hybridized carbons (Fsp3) is 0.176. The van der Waals surface area contributed by atoms with E-state index in [1.165, 1.54) is 6.92 Å². The molecule has 0 aliphatic rings. The Balaban J connectivity index is 2.18. The van der Waals surface area contributed by atoms with Crippen LogP contribution in [0.3, 0.4) is 0 Å². The van der Waals surface area contributed by atoms with Crippen LogP contribution in [0.25, 0.3) is 21.7 Å². The van der Waals surface area contributed by atoms with Crippen LogP contribution in [0.2, 0.25) is 0 Å². The third kappa shape index (κ3) is 2.13. The zero-order chi connectivity index (χ0) is 15.0. The molecule has 1 heterocycles. The van der Waals surface area contributed by atoms with Gasteiger partial charge in [0.05, 0.1) is 0 Å². The van der Waals surface area contributed by atoms with Crippen molar-refractivity contribution in [1.82, 2.24) is 0 Å². The van der Waals surface area contributed by atoms with E-state index in [2.05, 4.69) is 0 Å². The van der Waals surface area contributed by atoms with Crippen LogP contribution in [0.15, 0.2) is 40.8 Å². The molecule has 0 unspecified atom stereocenters. The Morgan fingerprint density at radius 2 is 2.00 bits per heavy atom. The zero-order valence-electron chi connectivity index (χ0n) is 11.7. The Morgan fingerprint density at radius 3 is 2.76 bits per heavy atom. The molecule has 2 aromatic carbocycles. The molecule has 0 aliphatic heterocycles. The number of aryl methyl sites for hydroxylation is 1. The molecule has 0 bridgehead atoms. The standard InChI is InChI=1S/C17H13NO3/c1-10(9-18)20-17(19)15-11(2)13-8-7-12-5-3-4-6-14(12)16(13)21-15/h3-8,10H,1-2H3/t10-/m0/s1. The normalized spacial score (nSPS) is 12.2. The van der Waals surface area contributed by atoms with E-state index in [0.717, 1.165) is 21.7 Å². The van der Waals surface area contributed by atoms with E-state index < -0.39 is 12.1 Å². The first-order valence-electron chi connectivity index (χ1n) is 6.63. The second-order valence-corrected chi connectivity index (χ2v) is 4.90. The number of carbonyl (C=O) groups is 1. The highest BCUT2D eigenvalue weighted by Gasteiger charge is 2.21. The van der Waals surface area contributed by atoms with E-state index in [1.807, 2.05) is 49.4 Å². The highest BCUT2D eigenvalue weighted by Crippen LogP contribution is 2.32. The van der Waals surface area contributed by atoms with Crippen molar-refractivity contribution >= 4 is 27.7 Å². The summed E-state index contributed by atoms with van der Waals surface area (Å²) in [7, 11) is 0. The number of fused-ring (bicyclic) bond motifs is 3. The molecule has 3 aromatic rings. The molecule has 21 heavy (non-hydrogen) atoms. The van der Waals surface area contributed by atoms with Gasteiger partial charge < -0.3 is 9.15 Å². The molecular formula is C17H13NO3. The predicted molar refractivity (Wildman–Crippen MR) is 78.9 cm³/mol. The van der Waals surface area contributed by atoms with Crippen molar-refractivity contribution in [2.45, 2.75) is 20.0 Å². The maximum Gasteiger partial charge on any atom is 0.375 e. The van der Waals surface area contributed by atoms with Gasteiger partial charge in [-0.1, -0.05) is 36.4 Å². The summed E-state index contributed by atoms with van der Waals surface area (Å²) in [6.45, 7) is 3.33. The quantitative estimate of drug-likeness (QED) is 0.666. The van der Waals surface area contributed by atoms with Gasteiger partial charge in [-0.15, -0.1) is 0 Å². The molecule has 3 rings (SSSR count). The number of esters is 1. The maximum absolute atomic E-state index is 12.1. The van der Waals surface area contributed by atoms with E-state index in [-0.39, 0.29) is 5.76 Å². The molecule has 4 heteroatoms. The number of rotatable bonds is 2. The summed E-state index contributed by atoms with van der Waals surface area (Å²) < 4.78 is 10.7. The molecule has 0 saturated heterocycles. The largest absolute Gasteiger partial charge is 0.448 e. The van der Waals surface area contributed by atoms with Gasteiger partial charge in [0.25, 0.3) is 0 Å². The average Bonchev–Trinajstić information content (AvgIpc) is 2.85. The molecule has 0 spiro atoms. The Bertz CT molecular complexity index is 886. The lowest BCUT2D eigenvalue weighted by molar-refractivity contribution is 0.0400. The lowest BCUT2D eigenvalue weighted by atomic mass is 10.1. The summed E-state index contributed by atoms with van der Waals surface area (Å²) in [6, 6.07) is 13.6. The fourth-order valence-corrected chi connectivity index (χ4v) is 2.38. The smallest absolute Gasteiger partial charge is 0.375 e. The molecule has 1 aromatic heterocycles. The Hall–Kier alpha value is -2.80. The summed E-state index contributed by atoms with van der Waals surface area (Å²) in [5.74, 6) is -0.453. The van der Waals surface area contributed by atoms with E-state index >= 15 is 0 Å². The molecule has 4 nitrogen and oxygen atoms in total. The molecule has 0 N–H and O–H groups in total. The van der Waals surface area contributed by atoms with Crippen LogP contribution in [0, 0.1) is 18.3 Å². The van der Waals surface area contributed by atoms with Gasteiger partial charge in [-0.2, -0.15) is 5.26 Å². The minimum Gasteiger partial charge on any atom is -0.448 e. The van der Waals surface area contributed by atoms with E-state index in [9.17, 15) is 4.79 Å². The first-order chi connectivity index (χ1) is 10.1. The van der Waals surface area contributed by atoms with E-state index in [1.54, 1.807) is 0 Å². The molecule has 1 atom stereocenters. The summed E-state index contributed by atoms with van der Waals surface area (Å²) in [4.78, 5) is 12.1. The van der Waals surface area contributed by atoms with Crippen molar-refractivity contribution in [3.63, 3.8) is 0 Å². The first-order valence-corrected chi connectivity index (χ1v) is 6.63. The van der Waals surface area contributed by atoms with Crippen LogP contribution in [0.5, 0.6) is 0 Å². The van der Waals surface area contributed by atoms with Crippen molar-refractivity contribution < 1.29 is 13.9 Å². The first kappa shape index (κ1) is 13.2. The zero-order valence-corrected chi connectivity index (χ0v) is 11.7. The highest BCUT2D eigenvalue weighted by atomic mass is 16.6. The summed E-state index contributed by atoms with van der Waals surface area (Å²) >= 11 is 0. The lowest BCUT2D eigenvalue weighted by Gasteiger charge is -2.03. The van der Waals surface area contributed by atoms with Gasteiger partial charge in [0, 0.05) is 16.3 Å². The van der Waals surface area contributed by atoms with E-state index in [4.69, 9.17) is 14.4 Å². The highest BCUT2D eigenvalue weighted by molar-refractivity contribution is 6.08. The van der Waals surface area contributed by atoms with Crippen molar-refractivity contribution in [1.29, 1.82) is 5.26 Å². The van der Waals surface area contributed by atoms with Gasteiger partial charge >= 0.3 is 5.97 Å². The summed E-state index contributed by atoms with van der Waals surface area (Å²) in [5.41, 5.74) is 1.40. The number of nitrogens with zero attached hydrogens (tertiary/aromatic N) is 1. The van der Waals surface area contributed by atoms with Crippen LogP contribution in [0.1, 0.15) is 23.0 Å². The van der Waals surface area contributed by atoms with Crippen molar-refractivity contribution in [3.8, 4) is 6.07 Å². The topological polar surface area (TPSA) is 63.2 Å². The van der Waals surface area contributed by atoms with Crippen LogP contribution in [-0.2, 0) is 4.74 Å².